The van der Waals surface area contributed by atoms with Gasteiger partial charge >= 0.3 is 0 Å². The summed E-state index contributed by atoms with van der Waals surface area (Å²) in [5.74, 6) is -0.114. The van der Waals surface area contributed by atoms with E-state index in [2.05, 4.69) is 51.9 Å². The minimum absolute atomic E-state index is 0.0496. The molecule has 0 aliphatic heterocycles. The van der Waals surface area contributed by atoms with E-state index in [1.165, 1.54) is 5.56 Å². The van der Waals surface area contributed by atoms with Crippen molar-refractivity contribution < 1.29 is 4.79 Å². The predicted molar refractivity (Wildman–Crippen MR) is 85.6 cm³/mol. The molecule has 0 fully saturated rings. The summed E-state index contributed by atoms with van der Waals surface area (Å²) in [6.07, 6.45) is 1.01. The van der Waals surface area contributed by atoms with Gasteiger partial charge in [0, 0.05) is 5.56 Å². The van der Waals surface area contributed by atoms with Gasteiger partial charge in [0.1, 0.15) is 11.0 Å². The number of fused-ring (bicyclic) bond motifs is 1. The SMILES string of the molecule is CCc1ccc(C(C)NC(=O)c2ccc3n[nH]nc3c2)cc1. The maximum absolute atomic E-state index is 12.3. The van der Waals surface area contributed by atoms with E-state index in [0.717, 1.165) is 17.5 Å². The minimum Gasteiger partial charge on any atom is -0.346 e. The fourth-order valence-electron chi connectivity index (χ4n) is 2.39. The molecule has 0 spiro atoms. The lowest BCUT2D eigenvalue weighted by Gasteiger charge is -2.15. The van der Waals surface area contributed by atoms with Gasteiger partial charge < -0.3 is 5.32 Å². The summed E-state index contributed by atoms with van der Waals surface area (Å²) in [5.41, 5.74) is 4.40. The van der Waals surface area contributed by atoms with Crippen LogP contribution in [0.5, 0.6) is 0 Å². The molecule has 0 aliphatic rings. The lowest BCUT2D eigenvalue weighted by Crippen LogP contribution is -2.26. The van der Waals surface area contributed by atoms with Gasteiger partial charge in [-0.3, -0.25) is 4.79 Å². The largest absolute Gasteiger partial charge is 0.346 e. The third-order valence-corrected chi connectivity index (χ3v) is 3.81. The number of benzene rings is 2. The summed E-state index contributed by atoms with van der Waals surface area (Å²) in [6.45, 7) is 4.10. The number of H-pyrrole nitrogens is 1. The highest BCUT2D eigenvalue weighted by atomic mass is 16.1. The molecule has 0 radical (unpaired) electrons. The van der Waals surface area contributed by atoms with Crippen LogP contribution in [0.1, 0.15) is 41.4 Å². The summed E-state index contributed by atoms with van der Waals surface area (Å²) in [6, 6.07) is 13.5. The number of hydrogen-bond acceptors (Lipinski definition) is 3. The van der Waals surface area contributed by atoms with Gasteiger partial charge in [-0.2, -0.15) is 15.4 Å². The molecule has 0 aliphatic carbocycles. The number of amides is 1. The predicted octanol–water partition coefficient (Wildman–Crippen LogP) is 3.01. The van der Waals surface area contributed by atoms with Crippen molar-refractivity contribution in [3.63, 3.8) is 0 Å². The van der Waals surface area contributed by atoms with E-state index in [0.29, 0.717) is 11.1 Å². The second-order valence-corrected chi connectivity index (χ2v) is 5.32. The van der Waals surface area contributed by atoms with Crippen LogP contribution >= 0.6 is 0 Å². The Bertz CT molecular complexity index is 792. The molecule has 1 unspecified atom stereocenters. The van der Waals surface area contributed by atoms with E-state index in [1.54, 1.807) is 18.2 Å². The Morgan fingerprint density at radius 2 is 1.86 bits per heavy atom. The zero-order chi connectivity index (χ0) is 15.5. The van der Waals surface area contributed by atoms with Crippen LogP contribution in [-0.4, -0.2) is 21.3 Å². The molecule has 1 aromatic heterocycles. The summed E-state index contributed by atoms with van der Waals surface area (Å²) in [5, 5.41) is 13.5. The third-order valence-electron chi connectivity index (χ3n) is 3.81. The van der Waals surface area contributed by atoms with Crippen molar-refractivity contribution in [2.45, 2.75) is 26.3 Å². The monoisotopic (exact) mass is 294 g/mol. The Morgan fingerprint density at radius 3 is 2.59 bits per heavy atom. The molecule has 112 valence electrons. The van der Waals surface area contributed by atoms with E-state index >= 15 is 0 Å². The molecule has 0 saturated heterocycles. The molecular formula is C17H18N4O. The number of rotatable bonds is 4. The van der Waals surface area contributed by atoms with E-state index in [9.17, 15) is 4.79 Å². The molecular weight excluding hydrogens is 276 g/mol. The molecule has 5 nitrogen and oxygen atoms in total. The Labute approximate surface area is 128 Å². The van der Waals surface area contributed by atoms with Crippen LogP contribution in [0, 0.1) is 0 Å². The highest BCUT2D eigenvalue weighted by molar-refractivity contribution is 5.97. The molecule has 3 rings (SSSR count). The van der Waals surface area contributed by atoms with E-state index in [4.69, 9.17) is 0 Å². The molecule has 5 heteroatoms. The second kappa shape index (κ2) is 5.97. The number of nitrogens with zero attached hydrogens (tertiary/aromatic N) is 2. The molecule has 22 heavy (non-hydrogen) atoms. The fourth-order valence-corrected chi connectivity index (χ4v) is 2.39. The zero-order valence-electron chi connectivity index (χ0n) is 12.6. The average molecular weight is 294 g/mol. The van der Waals surface area contributed by atoms with E-state index in [1.807, 2.05) is 6.92 Å². The molecule has 1 heterocycles. The lowest BCUT2D eigenvalue weighted by atomic mass is 10.0. The van der Waals surface area contributed by atoms with Gasteiger partial charge in [0.2, 0.25) is 0 Å². The first-order valence-corrected chi connectivity index (χ1v) is 7.37. The Morgan fingerprint density at radius 1 is 1.14 bits per heavy atom. The maximum atomic E-state index is 12.3. The van der Waals surface area contributed by atoms with Gasteiger partial charge in [0.05, 0.1) is 6.04 Å². The summed E-state index contributed by atoms with van der Waals surface area (Å²) < 4.78 is 0. The van der Waals surface area contributed by atoms with Crippen molar-refractivity contribution >= 4 is 16.9 Å². The van der Waals surface area contributed by atoms with Crippen molar-refractivity contribution in [2.24, 2.45) is 0 Å². The molecule has 2 N–H and O–H groups in total. The van der Waals surface area contributed by atoms with Crippen LogP contribution in [0.4, 0.5) is 0 Å². The smallest absolute Gasteiger partial charge is 0.251 e. The first kappa shape index (κ1) is 14.3. The summed E-state index contributed by atoms with van der Waals surface area (Å²) >= 11 is 0. The van der Waals surface area contributed by atoms with Gasteiger partial charge in [0.25, 0.3) is 5.91 Å². The van der Waals surface area contributed by atoms with Crippen molar-refractivity contribution in [1.82, 2.24) is 20.7 Å². The normalized spacial score (nSPS) is 12.3. The average Bonchev–Trinajstić information content (AvgIpc) is 3.02. The van der Waals surface area contributed by atoms with Crippen LogP contribution < -0.4 is 5.32 Å². The third kappa shape index (κ3) is 2.83. The maximum Gasteiger partial charge on any atom is 0.251 e. The van der Waals surface area contributed by atoms with Crippen molar-refractivity contribution in [2.75, 3.05) is 0 Å². The number of hydrogen-bond donors (Lipinski definition) is 2. The summed E-state index contributed by atoms with van der Waals surface area (Å²) in [4.78, 5) is 12.3. The zero-order valence-corrected chi connectivity index (χ0v) is 12.6. The molecule has 2 aromatic carbocycles. The Hall–Kier alpha value is -2.69. The first-order valence-electron chi connectivity index (χ1n) is 7.37. The minimum atomic E-state index is -0.114. The second-order valence-electron chi connectivity index (χ2n) is 5.32. The van der Waals surface area contributed by atoms with Crippen LogP contribution in [0.3, 0.4) is 0 Å². The van der Waals surface area contributed by atoms with Crippen molar-refractivity contribution in [1.29, 1.82) is 0 Å². The molecule has 0 bridgehead atoms. The molecule has 1 atom stereocenters. The van der Waals surface area contributed by atoms with Crippen LogP contribution in [-0.2, 0) is 6.42 Å². The van der Waals surface area contributed by atoms with Crippen molar-refractivity contribution in [3.05, 3.63) is 59.2 Å². The molecule has 1 amide bonds. The van der Waals surface area contributed by atoms with Gasteiger partial charge in [-0.1, -0.05) is 31.2 Å². The number of aryl methyl sites for hydroxylation is 1. The van der Waals surface area contributed by atoms with Gasteiger partial charge in [-0.25, -0.2) is 0 Å². The number of nitrogens with one attached hydrogen (secondary N) is 2. The van der Waals surface area contributed by atoms with Crippen LogP contribution in [0.2, 0.25) is 0 Å². The van der Waals surface area contributed by atoms with Crippen molar-refractivity contribution in [3.8, 4) is 0 Å². The highest BCUT2D eigenvalue weighted by Gasteiger charge is 2.12. The van der Waals surface area contributed by atoms with Gasteiger partial charge in [0.15, 0.2) is 0 Å². The van der Waals surface area contributed by atoms with Gasteiger partial charge in [-0.15, -0.1) is 0 Å². The number of carbonyl (C=O) groups is 1. The Kier molecular flexibility index (Phi) is 3.87. The molecule has 0 saturated carbocycles. The van der Waals surface area contributed by atoms with Crippen LogP contribution in [0.25, 0.3) is 11.0 Å². The standard InChI is InChI=1S/C17H18N4O/c1-3-12-4-6-13(7-5-12)11(2)18-17(22)14-8-9-15-16(10-14)20-21-19-15/h4-11H,3H2,1-2H3,(H,18,22)(H,19,20,21). The lowest BCUT2D eigenvalue weighted by molar-refractivity contribution is 0.0940. The summed E-state index contributed by atoms with van der Waals surface area (Å²) in [7, 11) is 0. The van der Waals surface area contributed by atoms with Crippen LogP contribution in [0.15, 0.2) is 42.5 Å². The molecule has 3 aromatic rings. The van der Waals surface area contributed by atoms with Gasteiger partial charge in [-0.05, 0) is 42.7 Å². The first-order chi connectivity index (χ1) is 10.7. The van der Waals surface area contributed by atoms with E-state index in [-0.39, 0.29) is 11.9 Å². The van der Waals surface area contributed by atoms with E-state index < -0.39 is 0 Å². The fraction of sp³-hybridized carbons (Fsp3) is 0.235. The quantitative estimate of drug-likeness (QED) is 0.777. The number of carbonyl (C=O) groups excluding carboxylic acids is 1. The number of aromatic nitrogens is 3. The highest BCUT2D eigenvalue weighted by Crippen LogP contribution is 2.16. The number of aromatic amines is 1. The topological polar surface area (TPSA) is 70.7 Å². The Balaban J connectivity index is 1.74.